The highest BCUT2D eigenvalue weighted by Gasteiger charge is 2.24. The van der Waals surface area contributed by atoms with Crippen LogP contribution in [-0.4, -0.2) is 34.1 Å². The molecule has 1 atom stereocenters. The van der Waals surface area contributed by atoms with Crippen molar-refractivity contribution >= 4 is 24.3 Å². The number of aliphatic carboxylic acids is 1. The molecular weight excluding hydrogens is 307 g/mol. The van der Waals surface area contributed by atoms with Gasteiger partial charge in [0, 0.05) is 0 Å². The molecule has 0 amide bonds. The number of carbonyl (C=O) groups is 1. The van der Waals surface area contributed by atoms with Gasteiger partial charge < -0.3 is 19.6 Å². The molecule has 0 radical (unpaired) electrons. The lowest BCUT2D eigenvalue weighted by Crippen LogP contribution is -2.13. The summed E-state index contributed by atoms with van der Waals surface area (Å²) in [7, 11) is -2.65. The molecule has 0 unspecified atom stereocenters. The van der Waals surface area contributed by atoms with E-state index in [4.69, 9.17) is 14.5 Å². The summed E-state index contributed by atoms with van der Waals surface area (Å²) in [5.74, 6) is -1.34. The Morgan fingerprint density at radius 2 is 1.82 bits per heavy atom. The zero-order valence-electron chi connectivity index (χ0n) is 12.0. The molecule has 0 fully saturated rings. The van der Waals surface area contributed by atoms with Crippen molar-refractivity contribution in [3.05, 3.63) is 42.0 Å². The van der Waals surface area contributed by atoms with Gasteiger partial charge in [-0.2, -0.15) is 0 Å². The highest BCUT2D eigenvalue weighted by atomic mass is 31.2. The highest BCUT2D eigenvalue weighted by Crippen LogP contribution is 2.38. The predicted octanol–water partition coefficient (Wildman–Crippen LogP) is 2.58. The zero-order valence-corrected chi connectivity index (χ0v) is 12.9. The van der Waals surface area contributed by atoms with E-state index in [0.717, 1.165) is 10.8 Å². The van der Waals surface area contributed by atoms with Gasteiger partial charge in [-0.1, -0.05) is 24.3 Å². The Balaban J connectivity index is 2.33. The zero-order chi connectivity index (χ0) is 16.3. The third-order valence-corrected chi connectivity index (χ3v) is 4.32. The lowest BCUT2D eigenvalue weighted by atomic mass is 9.94. The molecule has 0 aliphatic rings. The fourth-order valence-corrected chi connectivity index (χ4v) is 2.91. The van der Waals surface area contributed by atoms with E-state index in [0.29, 0.717) is 11.3 Å². The molecule has 118 valence electrons. The number of carboxylic acid groups (broad SMARTS) is 1. The first kappa shape index (κ1) is 16.5. The molecule has 3 N–H and O–H groups in total. The van der Waals surface area contributed by atoms with Gasteiger partial charge in [-0.15, -0.1) is 0 Å². The van der Waals surface area contributed by atoms with E-state index in [1.807, 2.05) is 12.1 Å². The number of hydrogen-bond donors (Lipinski definition) is 3. The predicted molar refractivity (Wildman–Crippen MR) is 82.4 cm³/mol. The van der Waals surface area contributed by atoms with Crippen molar-refractivity contribution < 1.29 is 29.0 Å². The fraction of sp³-hybridized carbons (Fsp3) is 0.267. The van der Waals surface area contributed by atoms with E-state index in [-0.39, 0.29) is 6.42 Å². The van der Waals surface area contributed by atoms with Gasteiger partial charge in [0.2, 0.25) is 0 Å². The van der Waals surface area contributed by atoms with Crippen LogP contribution >= 0.6 is 7.60 Å². The Morgan fingerprint density at radius 1 is 1.18 bits per heavy atom. The Labute approximate surface area is 127 Å². The third kappa shape index (κ3) is 4.07. The number of methoxy groups -OCH3 is 1. The first-order chi connectivity index (χ1) is 10.3. The molecule has 0 bridgehead atoms. The number of fused-ring (bicyclic) bond motifs is 1. The number of rotatable bonds is 6. The summed E-state index contributed by atoms with van der Waals surface area (Å²) in [6, 6.07) is 10.6. The van der Waals surface area contributed by atoms with Gasteiger partial charge >= 0.3 is 13.6 Å². The molecule has 0 saturated heterocycles. The lowest BCUT2D eigenvalue weighted by molar-refractivity contribution is -0.138. The van der Waals surface area contributed by atoms with Crippen molar-refractivity contribution in [1.29, 1.82) is 0 Å². The van der Waals surface area contributed by atoms with Crippen molar-refractivity contribution in [2.24, 2.45) is 0 Å². The molecule has 7 heteroatoms. The quantitative estimate of drug-likeness (QED) is 0.706. The standard InChI is InChI=1S/C15H17O6P/c1-21-13-5-4-10-8-12(3-2-11(10)9-13)14(15(16)17)6-7-22(18,19)20/h2-5,8-9,14H,6-7H2,1H3,(H,16,17)(H2,18,19,20)/t14-/m0/s1. The summed E-state index contributed by atoms with van der Waals surface area (Å²) < 4.78 is 16.1. The minimum absolute atomic E-state index is 0.110. The number of carboxylic acids is 1. The van der Waals surface area contributed by atoms with Crippen LogP contribution in [0.15, 0.2) is 36.4 Å². The smallest absolute Gasteiger partial charge is 0.325 e. The van der Waals surface area contributed by atoms with Crippen LogP contribution in [0.1, 0.15) is 17.9 Å². The van der Waals surface area contributed by atoms with Gasteiger partial charge in [-0.05, 0) is 34.9 Å². The Bertz CT molecular complexity index is 736. The Kier molecular flexibility index (Phi) is 4.86. The molecule has 2 rings (SSSR count). The molecule has 0 aliphatic heterocycles. The summed E-state index contributed by atoms with van der Waals surface area (Å²) in [5.41, 5.74) is 0.526. The maximum atomic E-state index is 11.4. The van der Waals surface area contributed by atoms with Crippen LogP contribution in [0.4, 0.5) is 0 Å². The van der Waals surface area contributed by atoms with Crippen molar-refractivity contribution in [3.8, 4) is 5.75 Å². The van der Waals surface area contributed by atoms with Crippen LogP contribution in [0.2, 0.25) is 0 Å². The second-order valence-corrected chi connectivity index (χ2v) is 6.82. The first-order valence-corrected chi connectivity index (χ1v) is 8.45. The van der Waals surface area contributed by atoms with Crippen LogP contribution in [0, 0.1) is 0 Å². The molecule has 6 nitrogen and oxygen atoms in total. The van der Waals surface area contributed by atoms with Crippen molar-refractivity contribution in [2.45, 2.75) is 12.3 Å². The van der Waals surface area contributed by atoms with Gasteiger partial charge in [-0.25, -0.2) is 0 Å². The summed E-state index contributed by atoms with van der Waals surface area (Å²) >= 11 is 0. The molecule has 2 aromatic carbocycles. The molecular formula is C15H17O6P. The van der Waals surface area contributed by atoms with Crippen LogP contribution in [-0.2, 0) is 9.36 Å². The second-order valence-electron chi connectivity index (χ2n) is 5.04. The minimum atomic E-state index is -4.22. The summed E-state index contributed by atoms with van der Waals surface area (Å²) in [6.07, 6.45) is -0.564. The van der Waals surface area contributed by atoms with Crippen molar-refractivity contribution in [1.82, 2.24) is 0 Å². The van der Waals surface area contributed by atoms with E-state index in [2.05, 4.69) is 0 Å². The third-order valence-electron chi connectivity index (χ3n) is 3.48. The molecule has 0 aliphatic carbocycles. The first-order valence-electron chi connectivity index (χ1n) is 6.65. The maximum absolute atomic E-state index is 11.4. The van der Waals surface area contributed by atoms with Crippen LogP contribution in [0.25, 0.3) is 10.8 Å². The SMILES string of the molecule is COc1ccc2cc([C@H](CCP(=O)(O)O)C(=O)O)ccc2c1. The van der Waals surface area contributed by atoms with Crippen LogP contribution in [0.5, 0.6) is 5.75 Å². The molecule has 0 heterocycles. The molecule has 22 heavy (non-hydrogen) atoms. The summed E-state index contributed by atoms with van der Waals surface area (Å²) in [6.45, 7) is 0. The van der Waals surface area contributed by atoms with E-state index < -0.39 is 25.6 Å². The van der Waals surface area contributed by atoms with Gasteiger partial charge in [0.05, 0.1) is 19.2 Å². The minimum Gasteiger partial charge on any atom is -0.497 e. The van der Waals surface area contributed by atoms with Gasteiger partial charge in [0.1, 0.15) is 5.75 Å². The fourth-order valence-electron chi connectivity index (χ4n) is 2.32. The van der Waals surface area contributed by atoms with Crippen molar-refractivity contribution in [2.75, 3.05) is 13.3 Å². The Morgan fingerprint density at radius 3 is 2.41 bits per heavy atom. The number of ether oxygens (including phenoxy) is 1. The maximum Gasteiger partial charge on any atom is 0.325 e. The van der Waals surface area contributed by atoms with E-state index in [1.165, 1.54) is 0 Å². The monoisotopic (exact) mass is 324 g/mol. The Hall–Kier alpha value is -1.88. The van der Waals surface area contributed by atoms with Gasteiger partial charge in [0.15, 0.2) is 0 Å². The second kappa shape index (κ2) is 6.48. The topological polar surface area (TPSA) is 104 Å². The van der Waals surface area contributed by atoms with E-state index in [1.54, 1.807) is 31.4 Å². The largest absolute Gasteiger partial charge is 0.497 e. The van der Waals surface area contributed by atoms with Crippen LogP contribution in [0.3, 0.4) is 0 Å². The van der Waals surface area contributed by atoms with Crippen molar-refractivity contribution in [3.63, 3.8) is 0 Å². The van der Waals surface area contributed by atoms with Gasteiger partial charge in [0.25, 0.3) is 0 Å². The molecule has 0 spiro atoms. The van der Waals surface area contributed by atoms with E-state index >= 15 is 0 Å². The summed E-state index contributed by atoms with van der Waals surface area (Å²) in [4.78, 5) is 29.2. The average Bonchev–Trinajstić information content (AvgIpc) is 2.45. The van der Waals surface area contributed by atoms with Gasteiger partial charge in [-0.3, -0.25) is 9.36 Å². The van der Waals surface area contributed by atoms with E-state index in [9.17, 15) is 14.5 Å². The summed E-state index contributed by atoms with van der Waals surface area (Å²) in [5, 5.41) is 11.1. The molecule has 0 aromatic heterocycles. The van der Waals surface area contributed by atoms with Crippen LogP contribution < -0.4 is 4.74 Å². The molecule has 0 saturated carbocycles. The average molecular weight is 324 g/mol. The number of hydrogen-bond acceptors (Lipinski definition) is 3. The lowest BCUT2D eigenvalue weighted by Gasteiger charge is -2.14. The molecule has 2 aromatic rings. The normalized spacial score (nSPS) is 13.0. The number of benzene rings is 2. The highest BCUT2D eigenvalue weighted by molar-refractivity contribution is 7.51.